The van der Waals surface area contributed by atoms with Crippen molar-refractivity contribution in [3.05, 3.63) is 48.3 Å². The molecule has 0 N–H and O–H groups in total. The Kier molecular flexibility index (Phi) is 5.27. The van der Waals surface area contributed by atoms with Crippen molar-refractivity contribution in [1.82, 2.24) is 14.6 Å². The van der Waals surface area contributed by atoms with Gasteiger partial charge in [-0.15, -0.1) is 0 Å². The molecule has 1 aliphatic heterocycles. The Morgan fingerprint density at radius 3 is 2.72 bits per heavy atom. The summed E-state index contributed by atoms with van der Waals surface area (Å²) in [7, 11) is 1.93. The summed E-state index contributed by atoms with van der Waals surface area (Å²) in [6.07, 6.45) is 2.67. The number of hydrogen-bond acceptors (Lipinski definition) is 5. The summed E-state index contributed by atoms with van der Waals surface area (Å²) >= 11 is 1.45. The third kappa shape index (κ3) is 3.27. The standard InChI is InChI=1S/C21H23N5O2S/c1-4-13-29-21-22-19(28)18-14-9-6-7-10-15(14)25(17(27)5-2)20(26(18)23-21)16-11-8-12-24(16)3/h6-12,20H,4-5,13H2,1-3H3. The average Bonchev–Trinajstić information content (AvgIpc) is 3.15. The summed E-state index contributed by atoms with van der Waals surface area (Å²) in [5.41, 5.74) is 2.67. The van der Waals surface area contributed by atoms with Gasteiger partial charge in [-0.3, -0.25) is 4.79 Å². The van der Waals surface area contributed by atoms with Gasteiger partial charge in [0.1, 0.15) is 5.69 Å². The van der Waals surface area contributed by atoms with Crippen LogP contribution in [0, 0.1) is 0 Å². The molecule has 0 saturated carbocycles. The van der Waals surface area contributed by atoms with Crippen molar-refractivity contribution in [3.63, 3.8) is 0 Å². The van der Waals surface area contributed by atoms with Gasteiger partial charge >= 0.3 is 6.17 Å². The predicted molar refractivity (Wildman–Crippen MR) is 109 cm³/mol. The second kappa shape index (κ2) is 7.87. The van der Waals surface area contributed by atoms with Crippen LogP contribution in [-0.4, -0.2) is 26.3 Å². The molecule has 0 saturated heterocycles. The zero-order valence-corrected chi connectivity index (χ0v) is 17.5. The molecule has 7 nitrogen and oxygen atoms in total. The second-order valence-corrected chi connectivity index (χ2v) is 7.96. The maximum absolute atomic E-state index is 13.1. The molecule has 1 unspecified atom stereocenters. The van der Waals surface area contributed by atoms with Crippen molar-refractivity contribution >= 4 is 23.4 Å². The molecule has 3 aromatic rings. The Balaban J connectivity index is 2.02. The third-order valence-electron chi connectivity index (χ3n) is 4.97. The molecule has 1 amide bonds. The molecule has 8 heteroatoms. The topological polar surface area (TPSA) is 78.0 Å². The SMILES string of the molecule is CCCSc1nc([O-])c2[n+](n1)C(c1cccn1C)N(C(=O)CC)c1ccccc1-2. The van der Waals surface area contributed by atoms with Gasteiger partial charge in [-0.2, -0.15) is 0 Å². The van der Waals surface area contributed by atoms with E-state index in [1.54, 1.807) is 9.58 Å². The lowest BCUT2D eigenvalue weighted by atomic mass is 10.0. The Labute approximate surface area is 174 Å². The second-order valence-electron chi connectivity index (χ2n) is 6.89. The summed E-state index contributed by atoms with van der Waals surface area (Å²) in [4.78, 5) is 19.0. The molecule has 1 aromatic carbocycles. The van der Waals surface area contributed by atoms with E-state index in [-0.39, 0.29) is 11.8 Å². The Bertz CT molecular complexity index is 1060. The van der Waals surface area contributed by atoms with Crippen LogP contribution in [0.3, 0.4) is 0 Å². The van der Waals surface area contributed by atoms with Gasteiger partial charge in [0.15, 0.2) is 0 Å². The minimum atomic E-state index is -0.552. The predicted octanol–water partition coefficient (Wildman–Crippen LogP) is 2.65. The molecule has 1 aliphatic rings. The fourth-order valence-electron chi connectivity index (χ4n) is 3.64. The van der Waals surface area contributed by atoms with E-state index in [1.165, 1.54) is 11.8 Å². The lowest BCUT2D eigenvalue weighted by Gasteiger charge is -2.33. The largest absolute Gasteiger partial charge is 0.854 e. The van der Waals surface area contributed by atoms with Crippen molar-refractivity contribution in [1.29, 1.82) is 0 Å². The molecular weight excluding hydrogens is 386 g/mol. The van der Waals surface area contributed by atoms with Crippen LogP contribution < -0.4 is 14.7 Å². The quantitative estimate of drug-likeness (QED) is 0.478. The van der Waals surface area contributed by atoms with E-state index in [4.69, 9.17) is 5.10 Å². The zero-order chi connectivity index (χ0) is 20.5. The number of carbonyl (C=O) groups is 1. The van der Waals surface area contributed by atoms with Crippen LogP contribution in [0.1, 0.15) is 38.5 Å². The number of hydrogen-bond donors (Lipinski definition) is 0. The smallest absolute Gasteiger partial charge is 0.307 e. The van der Waals surface area contributed by atoms with Crippen molar-refractivity contribution in [2.75, 3.05) is 10.7 Å². The van der Waals surface area contributed by atoms with Gasteiger partial charge in [0, 0.05) is 30.5 Å². The number of thioether (sulfide) groups is 1. The first-order valence-corrected chi connectivity index (χ1v) is 10.7. The highest BCUT2D eigenvalue weighted by Gasteiger charge is 2.45. The molecule has 0 spiro atoms. The molecule has 0 radical (unpaired) electrons. The van der Waals surface area contributed by atoms with Gasteiger partial charge in [-0.1, -0.05) is 42.4 Å². The number of amides is 1. The van der Waals surface area contributed by atoms with E-state index in [0.29, 0.717) is 28.5 Å². The van der Waals surface area contributed by atoms with E-state index in [9.17, 15) is 9.90 Å². The number of benzene rings is 1. The number of rotatable bonds is 5. The van der Waals surface area contributed by atoms with Gasteiger partial charge in [-0.25, -0.2) is 9.88 Å². The van der Waals surface area contributed by atoms with Crippen molar-refractivity contribution < 1.29 is 14.6 Å². The monoisotopic (exact) mass is 409 g/mol. The number of carbonyl (C=O) groups excluding carboxylic acids is 1. The zero-order valence-electron chi connectivity index (χ0n) is 16.7. The minimum Gasteiger partial charge on any atom is -0.854 e. The maximum Gasteiger partial charge on any atom is 0.307 e. The van der Waals surface area contributed by atoms with Crippen LogP contribution in [-0.2, 0) is 11.8 Å². The highest BCUT2D eigenvalue weighted by molar-refractivity contribution is 7.99. The van der Waals surface area contributed by atoms with Crippen molar-refractivity contribution in [2.45, 2.75) is 38.0 Å². The number of fused-ring (bicyclic) bond motifs is 3. The van der Waals surface area contributed by atoms with Gasteiger partial charge in [0.05, 0.1) is 17.1 Å². The Morgan fingerprint density at radius 2 is 2.03 bits per heavy atom. The molecule has 0 bridgehead atoms. The van der Waals surface area contributed by atoms with E-state index in [2.05, 4.69) is 11.9 Å². The number of aromatic nitrogens is 4. The van der Waals surface area contributed by atoms with E-state index in [0.717, 1.165) is 17.9 Å². The highest BCUT2D eigenvalue weighted by Crippen LogP contribution is 2.41. The summed E-state index contributed by atoms with van der Waals surface area (Å²) in [5, 5.41) is 18.2. The normalized spacial score (nSPS) is 15.1. The minimum absolute atomic E-state index is 0.0318. The molecule has 150 valence electrons. The summed E-state index contributed by atoms with van der Waals surface area (Å²) in [5.74, 6) is 0.464. The third-order valence-corrected chi connectivity index (χ3v) is 6.02. The molecule has 3 heterocycles. The first kappa shape index (κ1) is 19.4. The molecule has 0 aliphatic carbocycles. The fraction of sp³-hybridized carbons (Fsp3) is 0.333. The molecule has 29 heavy (non-hydrogen) atoms. The first-order chi connectivity index (χ1) is 14.1. The van der Waals surface area contributed by atoms with Crippen molar-refractivity contribution in [2.24, 2.45) is 7.05 Å². The Morgan fingerprint density at radius 1 is 1.24 bits per heavy atom. The van der Waals surface area contributed by atoms with Crippen LogP contribution in [0.15, 0.2) is 47.8 Å². The maximum atomic E-state index is 13.1. The lowest BCUT2D eigenvalue weighted by Crippen LogP contribution is -2.59. The molecule has 0 fully saturated rings. The average molecular weight is 410 g/mol. The van der Waals surface area contributed by atoms with Gasteiger partial charge in [0.25, 0.3) is 10.9 Å². The lowest BCUT2D eigenvalue weighted by molar-refractivity contribution is -0.764. The van der Waals surface area contributed by atoms with Crippen LogP contribution in [0.5, 0.6) is 5.88 Å². The van der Waals surface area contributed by atoms with Gasteiger partial charge < -0.3 is 9.67 Å². The molecular formula is C21H23N5O2S. The number of anilines is 1. The summed E-state index contributed by atoms with van der Waals surface area (Å²) in [6, 6.07) is 11.3. The van der Waals surface area contributed by atoms with Crippen LogP contribution in [0.2, 0.25) is 0 Å². The van der Waals surface area contributed by atoms with Gasteiger partial charge in [0.2, 0.25) is 5.91 Å². The van der Waals surface area contributed by atoms with Crippen LogP contribution in [0.4, 0.5) is 5.69 Å². The molecule has 2 aromatic heterocycles. The number of nitrogens with zero attached hydrogens (tertiary/aromatic N) is 5. The summed E-state index contributed by atoms with van der Waals surface area (Å²) in [6.45, 7) is 3.91. The first-order valence-electron chi connectivity index (χ1n) is 9.73. The number of aryl methyl sites for hydroxylation is 1. The van der Waals surface area contributed by atoms with Crippen LogP contribution >= 0.6 is 11.8 Å². The van der Waals surface area contributed by atoms with Crippen molar-refractivity contribution in [3.8, 4) is 17.1 Å². The van der Waals surface area contributed by atoms with Gasteiger partial charge in [-0.05, 0) is 30.7 Å². The number of para-hydroxylation sites is 1. The molecule has 1 atom stereocenters. The fourth-order valence-corrected chi connectivity index (χ4v) is 4.32. The Hall–Kier alpha value is -2.87. The molecule has 4 rings (SSSR count). The highest BCUT2D eigenvalue weighted by atomic mass is 32.2. The van der Waals surface area contributed by atoms with E-state index < -0.39 is 6.17 Å². The van der Waals surface area contributed by atoms with Crippen LogP contribution in [0.25, 0.3) is 11.3 Å². The van der Waals surface area contributed by atoms with E-state index >= 15 is 0 Å². The summed E-state index contributed by atoms with van der Waals surface area (Å²) < 4.78 is 3.63. The van der Waals surface area contributed by atoms with E-state index in [1.807, 2.05) is 61.1 Å².